The number of aromatic nitrogens is 1. The molecule has 1 aromatic carbocycles. The standard InChI is InChI=1S/C17H20N4O/c1-2-6-14(7-3-1)13-22-16-15(8-4-9-18-16)12-21-17-19-10-5-11-20-17/h1-4,6-9H,5,10-13H2,(H2,19,20,21). The average molecular weight is 296 g/mol. The highest BCUT2D eigenvalue weighted by Crippen LogP contribution is 2.15. The van der Waals surface area contributed by atoms with Crippen molar-refractivity contribution in [2.45, 2.75) is 19.6 Å². The Balaban J connectivity index is 1.61. The van der Waals surface area contributed by atoms with E-state index in [4.69, 9.17) is 4.74 Å². The summed E-state index contributed by atoms with van der Waals surface area (Å²) in [5.74, 6) is 1.51. The lowest BCUT2D eigenvalue weighted by Crippen LogP contribution is -2.40. The van der Waals surface area contributed by atoms with Crippen LogP contribution < -0.4 is 15.4 Å². The summed E-state index contributed by atoms with van der Waals surface area (Å²) in [6.45, 7) is 3.00. The lowest BCUT2D eigenvalue weighted by molar-refractivity contribution is 0.290. The Labute approximate surface area is 130 Å². The van der Waals surface area contributed by atoms with Crippen LogP contribution in [0.3, 0.4) is 0 Å². The monoisotopic (exact) mass is 296 g/mol. The van der Waals surface area contributed by atoms with Gasteiger partial charge in [0.1, 0.15) is 6.61 Å². The molecule has 1 aliphatic rings. The summed E-state index contributed by atoms with van der Waals surface area (Å²) in [4.78, 5) is 8.74. The number of hydrogen-bond acceptors (Lipinski definition) is 5. The van der Waals surface area contributed by atoms with E-state index in [1.54, 1.807) is 6.20 Å². The molecule has 1 aliphatic heterocycles. The average Bonchev–Trinajstić information content (AvgIpc) is 2.61. The minimum atomic E-state index is 0.518. The summed E-state index contributed by atoms with van der Waals surface area (Å²) in [5.41, 5.74) is 2.15. The topological polar surface area (TPSA) is 58.5 Å². The molecule has 5 heteroatoms. The fourth-order valence-electron chi connectivity index (χ4n) is 2.24. The van der Waals surface area contributed by atoms with Gasteiger partial charge in [0.2, 0.25) is 5.88 Å². The maximum absolute atomic E-state index is 5.85. The highest BCUT2D eigenvalue weighted by Gasteiger charge is 2.08. The van der Waals surface area contributed by atoms with Gasteiger partial charge < -0.3 is 15.4 Å². The zero-order valence-electron chi connectivity index (χ0n) is 12.5. The van der Waals surface area contributed by atoms with Crippen molar-refractivity contribution in [2.75, 3.05) is 13.1 Å². The third-order valence-corrected chi connectivity index (χ3v) is 3.41. The van der Waals surface area contributed by atoms with Gasteiger partial charge in [0, 0.05) is 31.4 Å². The summed E-state index contributed by atoms with van der Waals surface area (Å²) in [6.07, 6.45) is 2.84. The lowest BCUT2D eigenvalue weighted by Gasteiger charge is -2.17. The van der Waals surface area contributed by atoms with Gasteiger partial charge in [-0.25, -0.2) is 4.98 Å². The van der Waals surface area contributed by atoms with Gasteiger partial charge >= 0.3 is 0 Å². The summed E-state index contributed by atoms with van der Waals surface area (Å²) in [6, 6.07) is 14.0. The first-order chi connectivity index (χ1) is 10.9. The maximum atomic E-state index is 5.85. The second-order valence-corrected chi connectivity index (χ2v) is 5.11. The molecule has 1 aromatic heterocycles. The zero-order chi connectivity index (χ0) is 15.0. The number of benzene rings is 1. The first-order valence-corrected chi connectivity index (χ1v) is 7.54. The Kier molecular flexibility index (Phi) is 4.87. The van der Waals surface area contributed by atoms with Gasteiger partial charge in [0.25, 0.3) is 0 Å². The van der Waals surface area contributed by atoms with Crippen LogP contribution in [-0.2, 0) is 13.2 Å². The second kappa shape index (κ2) is 7.45. The molecule has 0 unspecified atom stereocenters. The van der Waals surface area contributed by atoms with Crippen LogP contribution in [0.2, 0.25) is 0 Å². The van der Waals surface area contributed by atoms with E-state index >= 15 is 0 Å². The second-order valence-electron chi connectivity index (χ2n) is 5.11. The summed E-state index contributed by atoms with van der Waals surface area (Å²) < 4.78 is 5.85. The third-order valence-electron chi connectivity index (χ3n) is 3.41. The van der Waals surface area contributed by atoms with Gasteiger partial charge in [-0.05, 0) is 18.1 Å². The quantitative estimate of drug-likeness (QED) is 0.887. The van der Waals surface area contributed by atoms with Crippen molar-refractivity contribution in [3.05, 3.63) is 59.8 Å². The lowest BCUT2D eigenvalue weighted by atomic mass is 10.2. The molecule has 0 radical (unpaired) electrons. The zero-order valence-corrected chi connectivity index (χ0v) is 12.5. The smallest absolute Gasteiger partial charge is 0.218 e. The number of rotatable bonds is 5. The molecule has 114 valence electrons. The summed E-state index contributed by atoms with van der Waals surface area (Å²) in [5, 5.41) is 6.54. The van der Waals surface area contributed by atoms with Crippen LogP contribution in [0.15, 0.2) is 53.7 Å². The Hall–Kier alpha value is -2.56. The molecule has 2 heterocycles. The molecule has 3 rings (SSSR count). The van der Waals surface area contributed by atoms with Gasteiger partial charge in [-0.1, -0.05) is 36.4 Å². The van der Waals surface area contributed by atoms with E-state index in [2.05, 4.69) is 20.6 Å². The van der Waals surface area contributed by atoms with Gasteiger partial charge in [-0.2, -0.15) is 0 Å². The van der Waals surface area contributed by atoms with Crippen LogP contribution in [0.25, 0.3) is 0 Å². The number of aliphatic imine (C=N–C) groups is 1. The van der Waals surface area contributed by atoms with Crippen molar-refractivity contribution in [3.8, 4) is 5.88 Å². The SMILES string of the molecule is c1ccc(COc2ncccc2CNC2=NCCCN2)cc1. The van der Waals surface area contributed by atoms with E-state index in [9.17, 15) is 0 Å². The van der Waals surface area contributed by atoms with Crippen molar-refractivity contribution < 1.29 is 4.74 Å². The molecule has 0 spiro atoms. The molecule has 0 fully saturated rings. The molecule has 2 N–H and O–H groups in total. The van der Waals surface area contributed by atoms with Gasteiger partial charge in [0.15, 0.2) is 5.96 Å². The van der Waals surface area contributed by atoms with E-state index in [1.165, 1.54) is 0 Å². The van der Waals surface area contributed by atoms with Gasteiger partial charge in [-0.15, -0.1) is 0 Å². The normalized spacial score (nSPS) is 13.9. The largest absolute Gasteiger partial charge is 0.473 e. The number of nitrogens with zero attached hydrogens (tertiary/aromatic N) is 2. The summed E-state index contributed by atoms with van der Waals surface area (Å²) in [7, 11) is 0. The minimum absolute atomic E-state index is 0.518. The third kappa shape index (κ3) is 3.97. The van der Waals surface area contributed by atoms with E-state index in [0.29, 0.717) is 19.0 Å². The first kappa shape index (κ1) is 14.4. The number of hydrogen-bond donors (Lipinski definition) is 2. The van der Waals surface area contributed by atoms with Gasteiger partial charge in [-0.3, -0.25) is 4.99 Å². The van der Waals surface area contributed by atoms with Crippen molar-refractivity contribution in [2.24, 2.45) is 4.99 Å². The Morgan fingerprint density at radius 1 is 1.14 bits per heavy atom. The maximum Gasteiger partial charge on any atom is 0.218 e. The molecular formula is C17H20N4O. The molecule has 2 aromatic rings. The van der Waals surface area contributed by atoms with Crippen LogP contribution in [0, 0.1) is 0 Å². The highest BCUT2D eigenvalue weighted by atomic mass is 16.5. The van der Waals surface area contributed by atoms with E-state index in [1.807, 2.05) is 42.5 Å². The van der Waals surface area contributed by atoms with E-state index in [0.717, 1.165) is 36.6 Å². The Bertz CT molecular complexity index is 628. The summed E-state index contributed by atoms with van der Waals surface area (Å²) >= 11 is 0. The fourth-order valence-corrected chi connectivity index (χ4v) is 2.24. The molecule has 22 heavy (non-hydrogen) atoms. The molecule has 0 aliphatic carbocycles. The number of nitrogens with one attached hydrogen (secondary N) is 2. The Morgan fingerprint density at radius 2 is 2.05 bits per heavy atom. The first-order valence-electron chi connectivity index (χ1n) is 7.54. The molecule has 5 nitrogen and oxygen atoms in total. The molecule has 0 amide bonds. The van der Waals surface area contributed by atoms with Crippen LogP contribution in [0.5, 0.6) is 5.88 Å². The molecular weight excluding hydrogens is 276 g/mol. The number of ether oxygens (including phenoxy) is 1. The predicted octanol–water partition coefficient (Wildman–Crippen LogP) is 2.10. The minimum Gasteiger partial charge on any atom is -0.473 e. The molecule has 0 atom stereocenters. The fraction of sp³-hybridized carbons (Fsp3) is 0.294. The van der Waals surface area contributed by atoms with Crippen LogP contribution >= 0.6 is 0 Å². The van der Waals surface area contributed by atoms with Crippen molar-refractivity contribution >= 4 is 5.96 Å². The number of pyridine rings is 1. The van der Waals surface area contributed by atoms with E-state index < -0.39 is 0 Å². The van der Waals surface area contributed by atoms with Crippen molar-refractivity contribution in [1.29, 1.82) is 0 Å². The highest BCUT2D eigenvalue weighted by molar-refractivity contribution is 5.80. The van der Waals surface area contributed by atoms with Crippen molar-refractivity contribution in [1.82, 2.24) is 15.6 Å². The van der Waals surface area contributed by atoms with Crippen LogP contribution in [-0.4, -0.2) is 24.0 Å². The Morgan fingerprint density at radius 3 is 2.86 bits per heavy atom. The molecule has 0 saturated carbocycles. The van der Waals surface area contributed by atoms with Gasteiger partial charge in [0.05, 0.1) is 0 Å². The predicted molar refractivity (Wildman–Crippen MR) is 86.8 cm³/mol. The molecule has 0 bridgehead atoms. The van der Waals surface area contributed by atoms with E-state index in [-0.39, 0.29) is 0 Å². The molecule has 0 saturated heterocycles. The number of guanidine groups is 1. The van der Waals surface area contributed by atoms with Crippen LogP contribution in [0.1, 0.15) is 17.5 Å². The van der Waals surface area contributed by atoms with Crippen LogP contribution in [0.4, 0.5) is 0 Å². The van der Waals surface area contributed by atoms with Crippen molar-refractivity contribution in [3.63, 3.8) is 0 Å².